The van der Waals surface area contributed by atoms with Gasteiger partial charge in [-0.3, -0.25) is 0 Å². The van der Waals surface area contributed by atoms with Gasteiger partial charge in [0.25, 0.3) is 0 Å². The van der Waals surface area contributed by atoms with E-state index < -0.39 is 11.8 Å². The average Bonchev–Trinajstić information content (AvgIpc) is 2.79. The van der Waals surface area contributed by atoms with Gasteiger partial charge in [-0.2, -0.15) is 4.89 Å². The quantitative estimate of drug-likeness (QED) is 0.537. The van der Waals surface area contributed by atoms with E-state index in [1.165, 1.54) is 7.11 Å². The van der Waals surface area contributed by atoms with Crippen molar-refractivity contribution in [1.82, 2.24) is 0 Å². The zero-order chi connectivity index (χ0) is 10.7. The Bertz CT molecular complexity index is 342. The molecule has 1 aliphatic rings. The predicted octanol–water partition coefficient (Wildman–Crippen LogP) is 0.948. The van der Waals surface area contributed by atoms with E-state index in [4.69, 9.17) is 9.62 Å². The van der Waals surface area contributed by atoms with E-state index in [2.05, 4.69) is 9.62 Å². The van der Waals surface area contributed by atoms with Crippen LogP contribution >= 0.6 is 0 Å². The van der Waals surface area contributed by atoms with Gasteiger partial charge in [0.2, 0.25) is 0 Å². The number of ether oxygens (including phenoxy) is 2. The lowest BCUT2D eigenvalue weighted by molar-refractivity contribution is -0.320. The molecule has 0 N–H and O–H groups in total. The highest BCUT2D eigenvalue weighted by atomic mass is 17.3. The van der Waals surface area contributed by atoms with Crippen LogP contribution in [0.1, 0.15) is 5.56 Å². The van der Waals surface area contributed by atoms with Crippen molar-refractivity contribution in [2.45, 2.75) is 5.79 Å². The van der Waals surface area contributed by atoms with Gasteiger partial charge in [0.05, 0.1) is 7.11 Å². The lowest BCUT2D eigenvalue weighted by atomic mass is 10.1. The second-order valence-corrected chi connectivity index (χ2v) is 2.94. The van der Waals surface area contributed by atoms with Crippen molar-refractivity contribution >= 4 is 5.97 Å². The Balaban J connectivity index is 2.39. The largest absolute Gasteiger partial charge is 0.465 e. The molecule has 0 amide bonds. The van der Waals surface area contributed by atoms with Gasteiger partial charge in [-0.05, 0) is 0 Å². The number of rotatable bonds is 2. The van der Waals surface area contributed by atoms with E-state index in [9.17, 15) is 4.79 Å². The third-order valence-corrected chi connectivity index (χ3v) is 2.09. The molecule has 0 saturated carbocycles. The van der Waals surface area contributed by atoms with Gasteiger partial charge < -0.3 is 9.47 Å². The number of methoxy groups -OCH3 is 1. The summed E-state index contributed by atoms with van der Waals surface area (Å²) >= 11 is 0. The molecule has 1 saturated heterocycles. The maximum absolute atomic E-state index is 11.6. The third-order valence-electron chi connectivity index (χ3n) is 2.09. The summed E-state index contributed by atoms with van der Waals surface area (Å²) in [5, 5.41) is 0. The van der Waals surface area contributed by atoms with Crippen LogP contribution in [0.5, 0.6) is 0 Å². The third kappa shape index (κ3) is 1.61. The van der Waals surface area contributed by atoms with Crippen LogP contribution in [-0.4, -0.2) is 19.9 Å². The summed E-state index contributed by atoms with van der Waals surface area (Å²) in [6.07, 6.45) is 0. The molecule has 0 bridgehead atoms. The predicted molar refractivity (Wildman–Crippen MR) is 48.3 cm³/mol. The average molecular weight is 210 g/mol. The first-order valence-corrected chi connectivity index (χ1v) is 4.38. The molecule has 2 rings (SSSR count). The standard InChI is InChI=1S/C10H10O5/c1-12-9(11)10(13-7-14-15-10)8-5-3-2-4-6-8/h2-6H,7H2,1H3. The van der Waals surface area contributed by atoms with Crippen molar-refractivity contribution in [1.29, 1.82) is 0 Å². The highest BCUT2D eigenvalue weighted by Gasteiger charge is 2.49. The molecule has 15 heavy (non-hydrogen) atoms. The zero-order valence-corrected chi connectivity index (χ0v) is 8.14. The molecule has 0 radical (unpaired) electrons. The summed E-state index contributed by atoms with van der Waals surface area (Å²) in [7, 11) is 1.26. The van der Waals surface area contributed by atoms with Crippen LogP contribution in [0.2, 0.25) is 0 Å². The van der Waals surface area contributed by atoms with Crippen LogP contribution in [0.4, 0.5) is 0 Å². The van der Waals surface area contributed by atoms with Crippen LogP contribution in [0.25, 0.3) is 0 Å². The molecule has 1 fully saturated rings. The second kappa shape index (κ2) is 3.98. The van der Waals surface area contributed by atoms with Gasteiger partial charge in [0, 0.05) is 5.56 Å². The lowest BCUT2D eigenvalue weighted by Crippen LogP contribution is -2.37. The van der Waals surface area contributed by atoms with Gasteiger partial charge in [0.15, 0.2) is 6.79 Å². The number of esters is 1. The lowest BCUT2D eigenvalue weighted by Gasteiger charge is -2.21. The number of hydrogen-bond donors (Lipinski definition) is 0. The SMILES string of the molecule is COC(=O)C1(c2ccccc2)OCOO1. The van der Waals surface area contributed by atoms with E-state index in [1.54, 1.807) is 24.3 Å². The molecule has 1 atom stereocenters. The highest BCUT2D eigenvalue weighted by molar-refractivity contribution is 5.79. The Labute approximate surface area is 86.4 Å². The monoisotopic (exact) mass is 210 g/mol. The Hall–Kier alpha value is -1.43. The number of benzene rings is 1. The Morgan fingerprint density at radius 1 is 1.40 bits per heavy atom. The molecule has 1 aromatic carbocycles. The van der Waals surface area contributed by atoms with E-state index >= 15 is 0 Å². The molecule has 1 aliphatic heterocycles. The van der Waals surface area contributed by atoms with Crippen LogP contribution in [0, 0.1) is 0 Å². The minimum atomic E-state index is -1.59. The molecule has 80 valence electrons. The van der Waals surface area contributed by atoms with E-state index in [0.717, 1.165) is 0 Å². The summed E-state index contributed by atoms with van der Waals surface area (Å²) in [6.45, 7) is -0.107. The van der Waals surface area contributed by atoms with Crippen molar-refractivity contribution in [3.05, 3.63) is 35.9 Å². The van der Waals surface area contributed by atoms with Crippen molar-refractivity contribution in [2.24, 2.45) is 0 Å². The Kier molecular flexibility index (Phi) is 2.68. The highest BCUT2D eigenvalue weighted by Crippen LogP contribution is 2.33. The minimum absolute atomic E-state index is 0.107. The van der Waals surface area contributed by atoms with Crippen LogP contribution in [-0.2, 0) is 29.8 Å². The van der Waals surface area contributed by atoms with Crippen molar-refractivity contribution in [3.8, 4) is 0 Å². The summed E-state index contributed by atoms with van der Waals surface area (Å²) in [4.78, 5) is 21.1. The van der Waals surface area contributed by atoms with E-state index in [1.807, 2.05) is 6.07 Å². The molecule has 5 heteroatoms. The first-order valence-electron chi connectivity index (χ1n) is 4.38. The van der Waals surface area contributed by atoms with E-state index in [-0.39, 0.29) is 6.79 Å². The number of carbonyl (C=O) groups excluding carboxylic acids is 1. The zero-order valence-electron chi connectivity index (χ0n) is 8.14. The molecule has 1 aromatic rings. The molecule has 1 unspecified atom stereocenters. The summed E-state index contributed by atoms with van der Waals surface area (Å²) in [6, 6.07) is 8.76. The fourth-order valence-electron chi connectivity index (χ4n) is 1.37. The maximum Gasteiger partial charge on any atom is 0.374 e. The second-order valence-electron chi connectivity index (χ2n) is 2.94. The topological polar surface area (TPSA) is 54.0 Å². The first-order chi connectivity index (χ1) is 7.29. The van der Waals surface area contributed by atoms with Crippen LogP contribution in [0.3, 0.4) is 0 Å². The van der Waals surface area contributed by atoms with Gasteiger partial charge in [-0.25, -0.2) is 9.68 Å². The molecule has 0 spiro atoms. The molecule has 0 aromatic heterocycles. The summed E-state index contributed by atoms with van der Waals surface area (Å²) < 4.78 is 9.78. The minimum Gasteiger partial charge on any atom is -0.465 e. The van der Waals surface area contributed by atoms with E-state index in [0.29, 0.717) is 5.56 Å². The van der Waals surface area contributed by atoms with Crippen molar-refractivity contribution in [2.75, 3.05) is 13.9 Å². The molecule has 1 heterocycles. The first kappa shape index (κ1) is 10.1. The fourth-order valence-corrected chi connectivity index (χ4v) is 1.37. The normalized spacial score (nSPS) is 25.1. The fraction of sp³-hybridized carbons (Fsp3) is 0.300. The van der Waals surface area contributed by atoms with Gasteiger partial charge >= 0.3 is 11.8 Å². The van der Waals surface area contributed by atoms with Crippen LogP contribution < -0.4 is 0 Å². The maximum atomic E-state index is 11.6. The molecular formula is C10H10O5. The number of hydrogen-bond acceptors (Lipinski definition) is 5. The van der Waals surface area contributed by atoms with Crippen LogP contribution in [0.15, 0.2) is 30.3 Å². The molecule has 0 aliphatic carbocycles. The van der Waals surface area contributed by atoms with Gasteiger partial charge in [-0.15, -0.1) is 0 Å². The van der Waals surface area contributed by atoms with Gasteiger partial charge in [-0.1, -0.05) is 30.3 Å². The van der Waals surface area contributed by atoms with Gasteiger partial charge in [0.1, 0.15) is 0 Å². The summed E-state index contributed by atoms with van der Waals surface area (Å²) in [5.74, 6) is -2.23. The molecule has 5 nitrogen and oxygen atoms in total. The van der Waals surface area contributed by atoms with Crippen molar-refractivity contribution < 1.29 is 24.0 Å². The Morgan fingerprint density at radius 2 is 2.13 bits per heavy atom. The Morgan fingerprint density at radius 3 is 2.67 bits per heavy atom. The number of carbonyl (C=O) groups is 1. The van der Waals surface area contributed by atoms with Crippen molar-refractivity contribution in [3.63, 3.8) is 0 Å². The molecular weight excluding hydrogens is 200 g/mol. The summed E-state index contributed by atoms with van der Waals surface area (Å²) in [5.41, 5.74) is 0.536. The smallest absolute Gasteiger partial charge is 0.374 e.